The fraction of sp³-hybridized carbons (Fsp3) is 0. The third kappa shape index (κ3) is 3.86. The van der Waals surface area contributed by atoms with Gasteiger partial charge >= 0.3 is 0 Å². The molecule has 2 aromatic heterocycles. The van der Waals surface area contributed by atoms with Crippen LogP contribution in [0.1, 0.15) is 10.6 Å². The molecule has 0 amide bonds. The van der Waals surface area contributed by atoms with Gasteiger partial charge in [0.2, 0.25) is 0 Å². The zero-order chi connectivity index (χ0) is 20.2. The van der Waals surface area contributed by atoms with Crippen molar-refractivity contribution in [1.82, 2.24) is 14.8 Å². The molecule has 5 rings (SSSR count). The quantitative estimate of drug-likeness (QED) is 0.321. The Morgan fingerprint density at radius 1 is 0.700 bits per heavy atom. The molecule has 0 aliphatic carbocycles. The van der Waals surface area contributed by atoms with Crippen LogP contribution in [-0.2, 0) is 0 Å². The van der Waals surface area contributed by atoms with Crippen LogP contribution in [0.15, 0.2) is 103 Å². The van der Waals surface area contributed by atoms with Gasteiger partial charge in [-0.3, -0.25) is 0 Å². The van der Waals surface area contributed by atoms with Crippen LogP contribution in [0.4, 0.5) is 0 Å². The van der Waals surface area contributed by atoms with E-state index in [4.69, 9.17) is 10.1 Å². The first kappa shape index (κ1) is 18.3. The molecule has 0 N–H and O–H groups in total. The molecule has 0 aliphatic rings. The molecule has 3 nitrogen and oxygen atoms in total. The smallest absolute Gasteiger partial charge is 0.116 e. The predicted octanol–water partition coefficient (Wildman–Crippen LogP) is 6.83. The van der Waals surface area contributed by atoms with Gasteiger partial charge in [0.25, 0.3) is 0 Å². The van der Waals surface area contributed by atoms with Gasteiger partial charge in [-0.1, -0.05) is 78.9 Å². The van der Waals surface area contributed by atoms with E-state index >= 15 is 0 Å². The third-order valence-electron chi connectivity index (χ3n) is 4.81. The van der Waals surface area contributed by atoms with Crippen LogP contribution in [0.5, 0.6) is 0 Å². The van der Waals surface area contributed by atoms with Gasteiger partial charge in [0, 0.05) is 28.3 Å². The summed E-state index contributed by atoms with van der Waals surface area (Å²) in [4.78, 5) is 4.77. The molecule has 0 aliphatic heterocycles. The highest BCUT2D eigenvalue weighted by Crippen LogP contribution is 2.27. The number of para-hydroxylation sites is 1. The summed E-state index contributed by atoms with van der Waals surface area (Å²) in [6.45, 7) is 0. The zero-order valence-corrected chi connectivity index (χ0v) is 17.0. The molecule has 0 bridgehead atoms. The van der Waals surface area contributed by atoms with Crippen LogP contribution in [0.25, 0.3) is 40.4 Å². The van der Waals surface area contributed by atoms with Gasteiger partial charge in [0.05, 0.1) is 17.1 Å². The lowest BCUT2D eigenvalue weighted by Crippen LogP contribution is -1.93. The Hall–Kier alpha value is -3.76. The Bertz CT molecular complexity index is 1270. The van der Waals surface area contributed by atoms with Crippen molar-refractivity contribution in [3.63, 3.8) is 0 Å². The van der Waals surface area contributed by atoms with Gasteiger partial charge < -0.3 is 0 Å². The number of hydrogen-bond acceptors (Lipinski definition) is 3. The van der Waals surface area contributed by atoms with Gasteiger partial charge in [-0.05, 0) is 24.3 Å². The Balaban J connectivity index is 1.50. The second kappa shape index (κ2) is 8.31. The van der Waals surface area contributed by atoms with Crippen molar-refractivity contribution in [3.05, 3.63) is 113 Å². The van der Waals surface area contributed by atoms with Gasteiger partial charge in [0.15, 0.2) is 0 Å². The molecule has 5 aromatic rings. The summed E-state index contributed by atoms with van der Waals surface area (Å²) in [6, 6.07) is 30.7. The SMILES string of the molecule is C(=Cc1cn(-c2ccccc2)nc1-c1ccccc1)c1nc(-c2ccccc2)cs1. The minimum atomic E-state index is 0.954. The van der Waals surface area contributed by atoms with Crippen molar-refractivity contribution in [1.29, 1.82) is 0 Å². The lowest BCUT2D eigenvalue weighted by Gasteiger charge is -2.00. The van der Waals surface area contributed by atoms with E-state index in [1.807, 2.05) is 59.3 Å². The molecule has 0 spiro atoms. The summed E-state index contributed by atoms with van der Waals surface area (Å²) in [6.07, 6.45) is 6.23. The summed E-state index contributed by atoms with van der Waals surface area (Å²) < 4.78 is 1.93. The van der Waals surface area contributed by atoms with E-state index in [9.17, 15) is 0 Å². The number of nitrogens with zero attached hydrogens (tertiary/aromatic N) is 3. The Morgan fingerprint density at radius 3 is 2.03 bits per heavy atom. The molecule has 0 saturated carbocycles. The molecule has 30 heavy (non-hydrogen) atoms. The van der Waals surface area contributed by atoms with Crippen molar-refractivity contribution in [2.24, 2.45) is 0 Å². The van der Waals surface area contributed by atoms with Crippen molar-refractivity contribution >= 4 is 23.5 Å². The Labute approximate surface area is 179 Å². The monoisotopic (exact) mass is 405 g/mol. The van der Waals surface area contributed by atoms with Crippen LogP contribution < -0.4 is 0 Å². The maximum Gasteiger partial charge on any atom is 0.116 e. The number of hydrogen-bond donors (Lipinski definition) is 0. The summed E-state index contributed by atoms with van der Waals surface area (Å²) >= 11 is 1.64. The summed E-state index contributed by atoms with van der Waals surface area (Å²) in [7, 11) is 0. The second-order valence-corrected chi connectivity index (χ2v) is 7.74. The van der Waals surface area contributed by atoms with E-state index in [1.165, 1.54) is 0 Å². The van der Waals surface area contributed by atoms with E-state index in [2.05, 4.69) is 60.1 Å². The fourth-order valence-corrected chi connectivity index (χ4v) is 4.03. The number of rotatable bonds is 5. The van der Waals surface area contributed by atoms with Gasteiger partial charge in [0.1, 0.15) is 5.01 Å². The molecule has 144 valence electrons. The van der Waals surface area contributed by atoms with E-state index in [0.29, 0.717) is 0 Å². The first-order valence-corrected chi connectivity index (χ1v) is 10.6. The standard InChI is InChI=1S/C26H19N3S/c1-4-10-20(11-5-1)24-19-30-25(27-24)17-16-22-18-29(23-14-8-3-9-15-23)28-26(22)21-12-6-2-7-13-21/h1-19H. The molecular weight excluding hydrogens is 386 g/mol. The number of aromatic nitrogens is 3. The summed E-state index contributed by atoms with van der Waals surface area (Å²) in [5.41, 5.74) is 6.28. The van der Waals surface area contributed by atoms with Crippen molar-refractivity contribution in [2.75, 3.05) is 0 Å². The topological polar surface area (TPSA) is 30.7 Å². The molecule has 0 saturated heterocycles. The van der Waals surface area contributed by atoms with Crippen molar-refractivity contribution in [2.45, 2.75) is 0 Å². The average molecular weight is 406 g/mol. The first-order chi connectivity index (χ1) is 14.9. The van der Waals surface area contributed by atoms with E-state index in [0.717, 1.165) is 38.8 Å². The number of benzene rings is 3. The zero-order valence-electron chi connectivity index (χ0n) is 16.2. The van der Waals surface area contributed by atoms with Crippen LogP contribution in [0, 0.1) is 0 Å². The lowest BCUT2D eigenvalue weighted by molar-refractivity contribution is 0.884. The van der Waals surface area contributed by atoms with Crippen LogP contribution in [0.3, 0.4) is 0 Å². The molecule has 0 radical (unpaired) electrons. The maximum absolute atomic E-state index is 4.86. The Morgan fingerprint density at radius 2 is 1.33 bits per heavy atom. The fourth-order valence-electron chi connectivity index (χ4n) is 3.31. The molecular formula is C26H19N3S. The van der Waals surface area contributed by atoms with E-state index in [1.54, 1.807) is 11.3 Å². The molecule has 2 heterocycles. The van der Waals surface area contributed by atoms with Gasteiger partial charge in [-0.15, -0.1) is 11.3 Å². The highest BCUT2D eigenvalue weighted by Gasteiger charge is 2.10. The van der Waals surface area contributed by atoms with E-state index < -0.39 is 0 Å². The minimum Gasteiger partial charge on any atom is -0.240 e. The molecule has 0 atom stereocenters. The van der Waals surface area contributed by atoms with Crippen LogP contribution in [-0.4, -0.2) is 14.8 Å². The van der Waals surface area contributed by atoms with Crippen molar-refractivity contribution < 1.29 is 0 Å². The molecule has 0 fully saturated rings. The molecule has 0 unspecified atom stereocenters. The Kier molecular flexibility index (Phi) is 5.06. The summed E-state index contributed by atoms with van der Waals surface area (Å²) in [5.74, 6) is 0. The minimum absolute atomic E-state index is 0.954. The van der Waals surface area contributed by atoms with Gasteiger partial charge in [-0.25, -0.2) is 9.67 Å². The maximum atomic E-state index is 4.86. The van der Waals surface area contributed by atoms with Gasteiger partial charge in [-0.2, -0.15) is 5.10 Å². The molecule has 4 heteroatoms. The first-order valence-electron chi connectivity index (χ1n) is 9.76. The lowest BCUT2D eigenvalue weighted by atomic mass is 10.1. The summed E-state index contributed by atoms with van der Waals surface area (Å²) in [5, 5.41) is 7.93. The second-order valence-electron chi connectivity index (χ2n) is 6.85. The predicted molar refractivity (Wildman–Crippen MR) is 125 cm³/mol. The highest BCUT2D eigenvalue weighted by atomic mass is 32.1. The van der Waals surface area contributed by atoms with Crippen LogP contribution in [0.2, 0.25) is 0 Å². The largest absolute Gasteiger partial charge is 0.240 e. The van der Waals surface area contributed by atoms with Crippen molar-refractivity contribution in [3.8, 4) is 28.2 Å². The highest BCUT2D eigenvalue weighted by molar-refractivity contribution is 7.10. The molecule has 3 aromatic carbocycles. The van der Waals surface area contributed by atoms with Crippen LogP contribution >= 0.6 is 11.3 Å². The third-order valence-corrected chi connectivity index (χ3v) is 5.62. The number of thiazole rings is 1. The van der Waals surface area contributed by atoms with E-state index in [-0.39, 0.29) is 0 Å². The average Bonchev–Trinajstić information content (AvgIpc) is 3.47. The normalized spacial score (nSPS) is 11.2.